The quantitative estimate of drug-likeness (QED) is 0.576. The van der Waals surface area contributed by atoms with E-state index in [0.717, 1.165) is 6.42 Å². The highest BCUT2D eigenvalue weighted by atomic mass is 16.1. The lowest BCUT2D eigenvalue weighted by molar-refractivity contribution is -0.122. The topological polar surface area (TPSA) is 17.1 Å². The number of hydrogen-bond donors (Lipinski definition) is 0. The summed E-state index contributed by atoms with van der Waals surface area (Å²) in [7, 11) is 0. The van der Waals surface area contributed by atoms with E-state index in [9.17, 15) is 4.79 Å². The maximum absolute atomic E-state index is 11.3. The summed E-state index contributed by atoms with van der Waals surface area (Å²) in [5, 5.41) is 0. The minimum absolute atomic E-state index is 0.274. The Morgan fingerprint density at radius 3 is 2.00 bits per heavy atom. The number of hydrogen-bond acceptors (Lipinski definition) is 1. The van der Waals surface area contributed by atoms with Crippen molar-refractivity contribution in [2.75, 3.05) is 0 Å². The van der Waals surface area contributed by atoms with Gasteiger partial charge in [-0.25, -0.2) is 0 Å². The standard InChI is InChI=1S/C11H18O/c1-8(2)10-6-4-5-7-11(10)9(3)12/h10-11H,1,4-7H2,2-3H3/t10-,11-/m0/s1. The molecule has 1 saturated carbocycles. The molecule has 68 valence electrons. The van der Waals surface area contributed by atoms with E-state index in [0.29, 0.717) is 11.7 Å². The van der Waals surface area contributed by atoms with Gasteiger partial charge in [0.1, 0.15) is 5.78 Å². The van der Waals surface area contributed by atoms with Crippen LogP contribution in [0.25, 0.3) is 0 Å². The summed E-state index contributed by atoms with van der Waals surface area (Å²) >= 11 is 0. The van der Waals surface area contributed by atoms with E-state index in [1.807, 2.05) is 6.92 Å². The number of allylic oxidation sites excluding steroid dienone is 1. The predicted octanol–water partition coefficient (Wildman–Crippen LogP) is 2.96. The first-order valence-electron chi connectivity index (χ1n) is 4.78. The Hall–Kier alpha value is -0.590. The van der Waals surface area contributed by atoms with Crippen LogP contribution < -0.4 is 0 Å². The Labute approximate surface area is 74.9 Å². The van der Waals surface area contributed by atoms with E-state index < -0.39 is 0 Å². The molecule has 0 aromatic rings. The predicted molar refractivity (Wildman–Crippen MR) is 50.9 cm³/mol. The van der Waals surface area contributed by atoms with Gasteiger partial charge in [0.15, 0.2) is 0 Å². The average molecular weight is 166 g/mol. The number of rotatable bonds is 2. The van der Waals surface area contributed by atoms with Crippen LogP contribution >= 0.6 is 0 Å². The lowest BCUT2D eigenvalue weighted by Crippen LogP contribution is -2.25. The van der Waals surface area contributed by atoms with Crippen molar-refractivity contribution in [2.24, 2.45) is 11.8 Å². The molecule has 1 aliphatic rings. The molecule has 0 aromatic carbocycles. The Morgan fingerprint density at radius 2 is 1.67 bits per heavy atom. The summed E-state index contributed by atoms with van der Waals surface area (Å²) in [4.78, 5) is 11.3. The number of Topliss-reactive ketones (excluding diaryl/α,β-unsaturated/α-hetero) is 1. The molecule has 1 fully saturated rings. The van der Waals surface area contributed by atoms with Crippen LogP contribution in [0.1, 0.15) is 39.5 Å². The summed E-state index contributed by atoms with van der Waals surface area (Å²) in [6.45, 7) is 7.72. The van der Waals surface area contributed by atoms with Crippen LogP contribution in [0.15, 0.2) is 12.2 Å². The first kappa shape index (κ1) is 9.50. The van der Waals surface area contributed by atoms with Crippen LogP contribution in [0.5, 0.6) is 0 Å². The zero-order valence-corrected chi connectivity index (χ0v) is 8.10. The molecule has 0 amide bonds. The van der Waals surface area contributed by atoms with Crippen LogP contribution in [0, 0.1) is 11.8 Å². The molecular formula is C11H18O. The minimum atomic E-state index is 0.274. The Kier molecular flexibility index (Phi) is 3.07. The van der Waals surface area contributed by atoms with Gasteiger partial charge in [-0.1, -0.05) is 25.0 Å². The molecule has 1 rings (SSSR count). The van der Waals surface area contributed by atoms with Crippen molar-refractivity contribution >= 4 is 5.78 Å². The van der Waals surface area contributed by atoms with Crippen molar-refractivity contribution < 1.29 is 4.79 Å². The highest BCUT2D eigenvalue weighted by Gasteiger charge is 2.28. The third-order valence-electron chi connectivity index (χ3n) is 2.92. The van der Waals surface area contributed by atoms with Gasteiger partial charge in [-0.2, -0.15) is 0 Å². The zero-order chi connectivity index (χ0) is 9.14. The van der Waals surface area contributed by atoms with Gasteiger partial charge >= 0.3 is 0 Å². The second-order valence-electron chi connectivity index (χ2n) is 3.95. The normalized spacial score (nSPS) is 29.8. The highest BCUT2D eigenvalue weighted by molar-refractivity contribution is 5.79. The molecular weight excluding hydrogens is 148 g/mol. The maximum atomic E-state index is 11.3. The molecule has 1 heteroatoms. The fourth-order valence-corrected chi connectivity index (χ4v) is 2.21. The van der Waals surface area contributed by atoms with Crippen molar-refractivity contribution in [3.8, 4) is 0 Å². The fraction of sp³-hybridized carbons (Fsp3) is 0.727. The molecule has 0 bridgehead atoms. The van der Waals surface area contributed by atoms with Gasteiger partial charge in [-0.15, -0.1) is 0 Å². The molecule has 0 aromatic heterocycles. The Morgan fingerprint density at radius 1 is 1.17 bits per heavy atom. The van der Waals surface area contributed by atoms with Crippen molar-refractivity contribution in [3.63, 3.8) is 0 Å². The van der Waals surface area contributed by atoms with Gasteiger partial charge < -0.3 is 0 Å². The number of carbonyl (C=O) groups excluding carboxylic acids is 1. The second kappa shape index (κ2) is 3.88. The Balaban J connectivity index is 2.67. The molecule has 0 saturated heterocycles. The van der Waals surface area contributed by atoms with Crippen molar-refractivity contribution in [1.82, 2.24) is 0 Å². The molecule has 0 spiro atoms. The third kappa shape index (κ3) is 1.96. The van der Waals surface area contributed by atoms with Crippen molar-refractivity contribution in [1.29, 1.82) is 0 Å². The van der Waals surface area contributed by atoms with Crippen LogP contribution in [-0.2, 0) is 4.79 Å². The molecule has 0 unspecified atom stereocenters. The van der Waals surface area contributed by atoms with Gasteiger partial charge in [-0.05, 0) is 32.6 Å². The van der Waals surface area contributed by atoms with Gasteiger partial charge in [-0.3, -0.25) is 4.79 Å². The first-order valence-corrected chi connectivity index (χ1v) is 4.78. The largest absolute Gasteiger partial charge is 0.300 e. The SMILES string of the molecule is C=C(C)[C@@H]1CCCC[C@H]1C(C)=O. The van der Waals surface area contributed by atoms with Crippen LogP contribution in [0.2, 0.25) is 0 Å². The summed E-state index contributed by atoms with van der Waals surface area (Å²) in [5.41, 5.74) is 1.19. The van der Waals surface area contributed by atoms with E-state index in [1.165, 1.54) is 24.8 Å². The van der Waals surface area contributed by atoms with E-state index in [1.54, 1.807) is 6.92 Å². The van der Waals surface area contributed by atoms with E-state index in [4.69, 9.17) is 0 Å². The van der Waals surface area contributed by atoms with Crippen molar-refractivity contribution in [2.45, 2.75) is 39.5 Å². The highest BCUT2D eigenvalue weighted by Crippen LogP contribution is 2.34. The summed E-state index contributed by atoms with van der Waals surface area (Å²) in [6, 6.07) is 0. The van der Waals surface area contributed by atoms with Gasteiger partial charge in [0.2, 0.25) is 0 Å². The third-order valence-corrected chi connectivity index (χ3v) is 2.92. The van der Waals surface area contributed by atoms with Crippen LogP contribution in [0.4, 0.5) is 0 Å². The molecule has 0 N–H and O–H groups in total. The van der Waals surface area contributed by atoms with Gasteiger partial charge in [0, 0.05) is 5.92 Å². The van der Waals surface area contributed by atoms with E-state index >= 15 is 0 Å². The summed E-state index contributed by atoms with van der Waals surface area (Å²) in [6.07, 6.45) is 4.72. The fourth-order valence-electron chi connectivity index (χ4n) is 2.21. The Bertz CT molecular complexity index is 171. The molecule has 0 radical (unpaired) electrons. The minimum Gasteiger partial charge on any atom is -0.300 e. The monoisotopic (exact) mass is 166 g/mol. The smallest absolute Gasteiger partial charge is 0.133 e. The van der Waals surface area contributed by atoms with Crippen molar-refractivity contribution in [3.05, 3.63) is 12.2 Å². The van der Waals surface area contributed by atoms with E-state index in [-0.39, 0.29) is 5.92 Å². The summed E-state index contributed by atoms with van der Waals surface area (Å²) < 4.78 is 0. The van der Waals surface area contributed by atoms with E-state index in [2.05, 4.69) is 6.58 Å². The first-order chi connectivity index (χ1) is 5.63. The van der Waals surface area contributed by atoms with Gasteiger partial charge in [0.25, 0.3) is 0 Å². The molecule has 1 nitrogen and oxygen atoms in total. The molecule has 0 aliphatic heterocycles. The lowest BCUT2D eigenvalue weighted by Gasteiger charge is -2.29. The maximum Gasteiger partial charge on any atom is 0.133 e. The molecule has 2 atom stereocenters. The number of ketones is 1. The molecule has 0 heterocycles. The zero-order valence-electron chi connectivity index (χ0n) is 8.10. The van der Waals surface area contributed by atoms with Crippen LogP contribution in [0.3, 0.4) is 0 Å². The molecule has 12 heavy (non-hydrogen) atoms. The second-order valence-corrected chi connectivity index (χ2v) is 3.95. The van der Waals surface area contributed by atoms with Crippen LogP contribution in [-0.4, -0.2) is 5.78 Å². The molecule has 1 aliphatic carbocycles. The number of carbonyl (C=O) groups is 1. The lowest BCUT2D eigenvalue weighted by atomic mass is 9.74. The summed E-state index contributed by atoms with van der Waals surface area (Å²) in [5.74, 6) is 1.09. The van der Waals surface area contributed by atoms with Gasteiger partial charge in [0.05, 0.1) is 0 Å². The average Bonchev–Trinajstić information content (AvgIpc) is 2.04.